The van der Waals surface area contributed by atoms with E-state index in [4.69, 9.17) is 4.74 Å². The molecule has 0 aliphatic carbocycles. The number of anilines is 2. The normalized spacial score (nSPS) is 11.1. The highest BCUT2D eigenvalue weighted by Gasteiger charge is 2.33. The minimum atomic E-state index is -4.61. The quantitative estimate of drug-likeness (QED) is 0.384. The van der Waals surface area contributed by atoms with Gasteiger partial charge in [-0.3, -0.25) is 4.79 Å². The van der Waals surface area contributed by atoms with Crippen molar-refractivity contribution < 1.29 is 22.7 Å². The molecule has 0 radical (unpaired) electrons. The molecule has 0 saturated carbocycles. The van der Waals surface area contributed by atoms with Crippen LogP contribution in [0.5, 0.6) is 11.6 Å². The second kappa shape index (κ2) is 9.75. The Morgan fingerprint density at radius 3 is 2.57 bits per heavy atom. The minimum Gasteiger partial charge on any atom is -0.438 e. The first-order chi connectivity index (χ1) is 16.8. The number of rotatable bonds is 6. The number of nitrogens with one attached hydrogen (secondary N) is 2. The molecular formula is C24H19F3N6O2. The van der Waals surface area contributed by atoms with Crippen LogP contribution in [0.25, 0.3) is 11.4 Å². The molecule has 8 nitrogen and oxygen atoms in total. The second-order valence-electron chi connectivity index (χ2n) is 7.32. The molecule has 0 atom stereocenters. The largest absolute Gasteiger partial charge is 0.438 e. The number of alkyl halides is 3. The summed E-state index contributed by atoms with van der Waals surface area (Å²) in [6, 6.07) is 12.7. The lowest BCUT2D eigenvalue weighted by atomic mass is 10.1. The van der Waals surface area contributed by atoms with Crippen molar-refractivity contribution in [3.8, 4) is 23.0 Å². The van der Waals surface area contributed by atoms with Crippen molar-refractivity contribution in [3.05, 3.63) is 83.8 Å². The molecule has 2 N–H and O–H groups in total. The van der Waals surface area contributed by atoms with E-state index in [0.717, 1.165) is 6.07 Å². The van der Waals surface area contributed by atoms with Gasteiger partial charge in [0.05, 0.1) is 16.8 Å². The number of amides is 1. The Kier molecular flexibility index (Phi) is 6.58. The molecule has 1 amide bonds. The van der Waals surface area contributed by atoms with Crippen molar-refractivity contribution >= 4 is 17.5 Å². The molecule has 11 heteroatoms. The molecule has 2 aromatic carbocycles. The molecule has 0 aliphatic heterocycles. The molecule has 4 rings (SSSR count). The molecule has 0 unspecified atom stereocenters. The van der Waals surface area contributed by atoms with Crippen LogP contribution in [-0.4, -0.2) is 32.9 Å². The SMILES string of the molecule is CNc1ncnc(-c2cccnc2Oc2cc(C(=O)Nc3ccccc3C(F)(F)F)ccc2C)n1. The van der Waals surface area contributed by atoms with E-state index in [1.807, 2.05) is 0 Å². The van der Waals surface area contributed by atoms with Crippen LogP contribution in [0, 0.1) is 6.92 Å². The van der Waals surface area contributed by atoms with Crippen molar-refractivity contribution in [1.82, 2.24) is 19.9 Å². The van der Waals surface area contributed by atoms with Crippen molar-refractivity contribution in [2.45, 2.75) is 13.1 Å². The third kappa shape index (κ3) is 5.35. The van der Waals surface area contributed by atoms with E-state index in [0.29, 0.717) is 28.6 Å². The second-order valence-corrected chi connectivity index (χ2v) is 7.32. The van der Waals surface area contributed by atoms with E-state index in [2.05, 4.69) is 30.6 Å². The molecule has 2 aromatic heterocycles. The summed E-state index contributed by atoms with van der Waals surface area (Å²) in [6.45, 7) is 1.76. The zero-order valence-corrected chi connectivity index (χ0v) is 18.6. The summed E-state index contributed by atoms with van der Waals surface area (Å²) in [4.78, 5) is 29.5. The number of carbonyl (C=O) groups excluding carboxylic acids is 1. The third-order valence-electron chi connectivity index (χ3n) is 4.95. The zero-order valence-electron chi connectivity index (χ0n) is 18.6. The molecule has 35 heavy (non-hydrogen) atoms. The third-order valence-corrected chi connectivity index (χ3v) is 4.95. The number of carbonyl (C=O) groups is 1. The Morgan fingerprint density at radius 2 is 1.80 bits per heavy atom. The molecule has 4 aromatic rings. The Balaban J connectivity index is 1.63. The average molecular weight is 480 g/mol. The smallest absolute Gasteiger partial charge is 0.418 e. The van der Waals surface area contributed by atoms with Crippen molar-refractivity contribution in [1.29, 1.82) is 0 Å². The Bertz CT molecular complexity index is 1380. The predicted octanol–water partition coefficient (Wildman–Crippen LogP) is 5.35. The molecule has 0 fully saturated rings. The number of para-hydroxylation sites is 1. The van der Waals surface area contributed by atoms with Gasteiger partial charge in [-0.1, -0.05) is 18.2 Å². The van der Waals surface area contributed by atoms with Gasteiger partial charge in [0, 0.05) is 18.8 Å². The van der Waals surface area contributed by atoms with E-state index in [9.17, 15) is 18.0 Å². The van der Waals surface area contributed by atoms with Crippen molar-refractivity contribution in [3.63, 3.8) is 0 Å². The monoisotopic (exact) mass is 480 g/mol. The molecule has 0 aliphatic rings. The first-order valence-electron chi connectivity index (χ1n) is 10.3. The van der Waals surface area contributed by atoms with Gasteiger partial charge in [0.2, 0.25) is 11.8 Å². The highest BCUT2D eigenvalue weighted by atomic mass is 19.4. The summed E-state index contributed by atoms with van der Waals surface area (Å²) >= 11 is 0. The predicted molar refractivity (Wildman–Crippen MR) is 123 cm³/mol. The average Bonchev–Trinajstić information content (AvgIpc) is 2.85. The zero-order chi connectivity index (χ0) is 25.0. The lowest BCUT2D eigenvalue weighted by Crippen LogP contribution is -2.16. The molecule has 0 saturated heterocycles. The summed E-state index contributed by atoms with van der Waals surface area (Å²) in [5.74, 6) is 0.443. The molecular weight excluding hydrogens is 461 g/mol. The number of benzene rings is 2. The fourth-order valence-electron chi connectivity index (χ4n) is 3.18. The lowest BCUT2D eigenvalue weighted by Gasteiger charge is -2.15. The number of nitrogens with zero attached hydrogens (tertiary/aromatic N) is 4. The standard InChI is InChI=1S/C24H19F3N6O2/c1-14-9-10-15(21(34)32-18-8-4-3-7-17(18)24(25,26)27)12-19(14)35-22-16(6-5-11-29-22)20-30-13-31-23(28-2)33-20/h3-13H,1-2H3,(H,32,34)(H,28,30,31,33). The minimum absolute atomic E-state index is 0.109. The van der Waals surface area contributed by atoms with Crippen LogP contribution >= 0.6 is 0 Å². The summed E-state index contributed by atoms with van der Waals surface area (Å²) in [6.07, 6.45) is -1.73. The maximum Gasteiger partial charge on any atom is 0.418 e. The number of aromatic nitrogens is 4. The molecule has 0 bridgehead atoms. The molecule has 2 heterocycles. The Morgan fingerprint density at radius 1 is 1.00 bits per heavy atom. The van der Waals surface area contributed by atoms with Crippen LogP contribution in [0.1, 0.15) is 21.5 Å². The summed E-state index contributed by atoms with van der Waals surface area (Å²) < 4.78 is 45.9. The number of pyridine rings is 1. The van der Waals surface area contributed by atoms with Crippen LogP contribution in [-0.2, 0) is 6.18 Å². The van der Waals surface area contributed by atoms with Crippen LogP contribution in [0.15, 0.2) is 67.1 Å². The van der Waals surface area contributed by atoms with Gasteiger partial charge < -0.3 is 15.4 Å². The van der Waals surface area contributed by atoms with E-state index >= 15 is 0 Å². The maximum atomic E-state index is 13.3. The van der Waals surface area contributed by atoms with Crippen LogP contribution in [0.3, 0.4) is 0 Å². The van der Waals surface area contributed by atoms with Gasteiger partial charge in [0.15, 0.2) is 5.82 Å². The first-order valence-corrected chi connectivity index (χ1v) is 10.3. The van der Waals surface area contributed by atoms with Gasteiger partial charge in [-0.05, 0) is 48.9 Å². The van der Waals surface area contributed by atoms with E-state index in [1.165, 1.54) is 42.9 Å². The van der Waals surface area contributed by atoms with Crippen LogP contribution in [0.2, 0.25) is 0 Å². The number of hydrogen-bond donors (Lipinski definition) is 2. The number of hydrogen-bond acceptors (Lipinski definition) is 7. The maximum absolute atomic E-state index is 13.3. The van der Waals surface area contributed by atoms with E-state index < -0.39 is 17.6 Å². The van der Waals surface area contributed by atoms with Gasteiger partial charge in [-0.15, -0.1) is 0 Å². The number of halogens is 3. The highest BCUT2D eigenvalue weighted by Crippen LogP contribution is 2.35. The van der Waals surface area contributed by atoms with Crippen molar-refractivity contribution in [2.75, 3.05) is 17.7 Å². The van der Waals surface area contributed by atoms with Gasteiger partial charge in [-0.2, -0.15) is 18.2 Å². The Hall–Kier alpha value is -4.54. The lowest BCUT2D eigenvalue weighted by molar-refractivity contribution is -0.136. The van der Waals surface area contributed by atoms with Gasteiger partial charge >= 0.3 is 6.18 Å². The summed E-state index contributed by atoms with van der Waals surface area (Å²) in [5.41, 5.74) is 0.00133. The number of ether oxygens (including phenoxy) is 1. The Labute approximate surface area is 198 Å². The number of aryl methyl sites for hydroxylation is 1. The fraction of sp³-hybridized carbons (Fsp3) is 0.125. The van der Waals surface area contributed by atoms with Gasteiger partial charge in [0.25, 0.3) is 5.91 Å². The highest BCUT2D eigenvalue weighted by molar-refractivity contribution is 6.05. The first kappa shape index (κ1) is 23.6. The molecule has 178 valence electrons. The van der Waals surface area contributed by atoms with Crippen LogP contribution < -0.4 is 15.4 Å². The van der Waals surface area contributed by atoms with Crippen molar-refractivity contribution in [2.24, 2.45) is 0 Å². The fourth-order valence-corrected chi connectivity index (χ4v) is 3.18. The van der Waals surface area contributed by atoms with Crippen LogP contribution in [0.4, 0.5) is 24.8 Å². The van der Waals surface area contributed by atoms with E-state index in [1.54, 1.807) is 32.2 Å². The molecule has 0 spiro atoms. The summed E-state index contributed by atoms with van der Waals surface area (Å²) in [5, 5.41) is 5.16. The summed E-state index contributed by atoms with van der Waals surface area (Å²) in [7, 11) is 1.67. The van der Waals surface area contributed by atoms with E-state index in [-0.39, 0.29) is 17.1 Å². The topological polar surface area (TPSA) is 102 Å². The van der Waals surface area contributed by atoms with Gasteiger partial charge in [-0.25, -0.2) is 15.0 Å². The van der Waals surface area contributed by atoms with Gasteiger partial charge in [0.1, 0.15) is 12.1 Å².